The molecule has 1 atom stereocenters. The number of nitrogens with two attached hydrogens (primary N) is 1. The molecule has 2 fully saturated rings. The minimum atomic E-state index is 0.725. The van der Waals surface area contributed by atoms with E-state index in [9.17, 15) is 0 Å². The highest BCUT2D eigenvalue weighted by atomic mass is 15.3. The summed E-state index contributed by atoms with van der Waals surface area (Å²) >= 11 is 0. The Morgan fingerprint density at radius 2 is 1.74 bits per heavy atom. The molecule has 2 saturated heterocycles. The van der Waals surface area contributed by atoms with Crippen LogP contribution >= 0.6 is 0 Å². The first-order chi connectivity index (χ1) is 9.27. The molecule has 0 bridgehead atoms. The fourth-order valence-electron chi connectivity index (χ4n) is 3.18. The first-order valence-electron chi connectivity index (χ1n) is 8.06. The van der Waals surface area contributed by atoms with E-state index in [-0.39, 0.29) is 0 Å². The molecule has 0 saturated carbocycles. The van der Waals surface area contributed by atoms with Gasteiger partial charge in [0.15, 0.2) is 5.96 Å². The first-order valence-corrected chi connectivity index (χ1v) is 8.06. The lowest BCUT2D eigenvalue weighted by Crippen LogP contribution is -2.41. The molecule has 1 unspecified atom stereocenters. The lowest BCUT2D eigenvalue weighted by molar-refractivity contribution is 0.165. The number of hydrogen-bond donors (Lipinski definition) is 1. The van der Waals surface area contributed by atoms with Crippen molar-refractivity contribution >= 4 is 5.96 Å². The third-order valence-electron chi connectivity index (χ3n) is 4.53. The van der Waals surface area contributed by atoms with E-state index < -0.39 is 0 Å². The van der Waals surface area contributed by atoms with Crippen molar-refractivity contribution < 1.29 is 0 Å². The second-order valence-corrected chi connectivity index (χ2v) is 6.02. The summed E-state index contributed by atoms with van der Waals surface area (Å²) in [6, 6.07) is 0.725. The predicted molar refractivity (Wildman–Crippen MR) is 81.4 cm³/mol. The molecule has 0 aromatic carbocycles. The monoisotopic (exact) mass is 266 g/mol. The number of guanidine groups is 1. The summed E-state index contributed by atoms with van der Waals surface area (Å²) in [5.74, 6) is 0.770. The van der Waals surface area contributed by atoms with Gasteiger partial charge in [0, 0.05) is 25.7 Å². The number of hydrogen-bond acceptors (Lipinski definition) is 2. The maximum absolute atomic E-state index is 6.13. The van der Waals surface area contributed by atoms with Gasteiger partial charge in [-0.25, -0.2) is 0 Å². The Balaban J connectivity index is 1.74. The van der Waals surface area contributed by atoms with Gasteiger partial charge in [-0.2, -0.15) is 0 Å². The van der Waals surface area contributed by atoms with Crippen LogP contribution in [-0.4, -0.2) is 54.5 Å². The van der Waals surface area contributed by atoms with Crippen molar-refractivity contribution in [1.82, 2.24) is 9.80 Å². The van der Waals surface area contributed by atoms with Crippen molar-refractivity contribution in [3.63, 3.8) is 0 Å². The molecule has 110 valence electrons. The minimum absolute atomic E-state index is 0.725. The second-order valence-electron chi connectivity index (χ2n) is 6.02. The van der Waals surface area contributed by atoms with Gasteiger partial charge < -0.3 is 10.6 Å². The Hall–Kier alpha value is -0.770. The smallest absolute Gasteiger partial charge is 0.191 e. The van der Waals surface area contributed by atoms with E-state index in [0.717, 1.165) is 38.2 Å². The molecular weight excluding hydrogens is 236 g/mol. The standard InChI is InChI=1S/C15H30N4/c1-14-8-4-7-10-18(14)13-9-17-15(16)19-11-5-2-3-6-12-19/h14H,2-13H2,1H3,(H2,16,17). The van der Waals surface area contributed by atoms with Crippen LogP contribution in [0.4, 0.5) is 0 Å². The highest BCUT2D eigenvalue weighted by molar-refractivity contribution is 5.78. The molecule has 2 rings (SSSR count). The number of aliphatic imine (C=N–C) groups is 1. The maximum atomic E-state index is 6.13. The Kier molecular flexibility index (Phi) is 5.95. The summed E-state index contributed by atoms with van der Waals surface area (Å²) in [5, 5.41) is 0. The van der Waals surface area contributed by atoms with Gasteiger partial charge in [0.2, 0.25) is 0 Å². The van der Waals surface area contributed by atoms with Crippen LogP contribution in [0.1, 0.15) is 51.9 Å². The summed E-state index contributed by atoms with van der Waals surface area (Å²) in [4.78, 5) is 9.43. The molecule has 2 N–H and O–H groups in total. The van der Waals surface area contributed by atoms with Gasteiger partial charge in [0.05, 0.1) is 6.54 Å². The molecule has 2 aliphatic heterocycles. The average molecular weight is 266 g/mol. The van der Waals surface area contributed by atoms with Crippen molar-refractivity contribution in [2.24, 2.45) is 10.7 Å². The third kappa shape index (κ3) is 4.68. The van der Waals surface area contributed by atoms with Crippen LogP contribution in [0.5, 0.6) is 0 Å². The fraction of sp³-hybridized carbons (Fsp3) is 0.933. The number of piperidine rings is 1. The summed E-state index contributed by atoms with van der Waals surface area (Å²) in [6.07, 6.45) is 9.28. The van der Waals surface area contributed by atoms with Gasteiger partial charge in [0.1, 0.15) is 0 Å². The predicted octanol–water partition coefficient (Wildman–Crippen LogP) is 2.05. The highest BCUT2D eigenvalue weighted by Gasteiger charge is 2.17. The van der Waals surface area contributed by atoms with E-state index in [1.165, 1.54) is 51.5 Å². The zero-order valence-electron chi connectivity index (χ0n) is 12.5. The zero-order chi connectivity index (χ0) is 13.5. The zero-order valence-corrected chi connectivity index (χ0v) is 12.5. The van der Waals surface area contributed by atoms with Crippen molar-refractivity contribution in [2.75, 3.05) is 32.7 Å². The number of likely N-dealkylation sites (tertiary alicyclic amines) is 2. The number of nitrogens with zero attached hydrogens (tertiary/aromatic N) is 3. The molecule has 4 heteroatoms. The van der Waals surface area contributed by atoms with Crippen LogP contribution in [0.15, 0.2) is 4.99 Å². The largest absolute Gasteiger partial charge is 0.370 e. The van der Waals surface area contributed by atoms with Crippen LogP contribution in [0.2, 0.25) is 0 Å². The van der Waals surface area contributed by atoms with Crippen LogP contribution in [0.3, 0.4) is 0 Å². The third-order valence-corrected chi connectivity index (χ3v) is 4.53. The second kappa shape index (κ2) is 7.73. The van der Waals surface area contributed by atoms with E-state index in [2.05, 4.69) is 21.7 Å². The summed E-state index contributed by atoms with van der Waals surface area (Å²) in [6.45, 7) is 7.68. The molecule has 0 aliphatic carbocycles. The first kappa shape index (κ1) is 14.6. The quantitative estimate of drug-likeness (QED) is 0.628. The Morgan fingerprint density at radius 3 is 2.42 bits per heavy atom. The summed E-state index contributed by atoms with van der Waals surface area (Å²) < 4.78 is 0. The van der Waals surface area contributed by atoms with Gasteiger partial charge in [-0.05, 0) is 39.2 Å². The molecule has 0 radical (unpaired) electrons. The highest BCUT2D eigenvalue weighted by Crippen LogP contribution is 2.15. The molecule has 19 heavy (non-hydrogen) atoms. The van der Waals surface area contributed by atoms with Gasteiger partial charge in [-0.15, -0.1) is 0 Å². The SMILES string of the molecule is CC1CCCCN1CCN=C(N)N1CCCCCC1. The molecule has 4 nitrogen and oxygen atoms in total. The van der Waals surface area contributed by atoms with E-state index in [1.54, 1.807) is 0 Å². The minimum Gasteiger partial charge on any atom is -0.370 e. The van der Waals surface area contributed by atoms with Gasteiger partial charge >= 0.3 is 0 Å². The van der Waals surface area contributed by atoms with Crippen LogP contribution in [-0.2, 0) is 0 Å². The van der Waals surface area contributed by atoms with Crippen molar-refractivity contribution in [3.8, 4) is 0 Å². The summed E-state index contributed by atoms with van der Waals surface area (Å²) in [7, 11) is 0. The average Bonchev–Trinajstić information content (AvgIpc) is 2.70. The molecule has 2 heterocycles. The molecule has 0 aromatic rings. The Labute approximate surface area is 118 Å². The molecule has 0 aromatic heterocycles. The molecule has 0 spiro atoms. The van der Waals surface area contributed by atoms with Crippen LogP contribution < -0.4 is 5.73 Å². The normalized spacial score (nSPS) is 27.3. The molecular formula is C15H30N4. The van der Waals surface area contributed by atoms with Crippen LogP contribution in [0.25, 0.3) is 0 Å². The van der Waals surface area contributed by atoms with E-state index in [0.29, 0.717) is 0 Å². The lowest BCUT2D eigenvalue weighted by Gasteiger charge is -2.32. The van der Waals surface area contributed by atoms with Crippen molar-refractivity contribution in [3.05, 3.63) is 0 Å². The topological polar surface area (TPSA) is 44.9 Å². The van der Waals surface area contributed by atoms with Gasteiger partial charge in [-0.3, -0.25) is 9.89 Å². The fourth-order valence-corrected chi connectivity index (χ4v) is 3.18. The Bertz CT molecular complexity index is 282. The Morgan fingerprint density at radius 1 is 1.05 bits per heavy atom. The van der Waals surface area contributed by atoms with E-state index in [4.69, 9.17) is 5.73 Å². The molecule has 0 amide bonds. The van der Waals surface area contributed by atoms with Crippen molar-refractivity contribution in [2.45, 2.75) is 57.9 Å². The lowest BCUT2D eigenvalue weighted by atomic mass is 10.0. The van der Waals surface area contributed by atoms with Crippen molar-refractivity contribution in [1.29, 1.82) is 0 Å². The van der Waals surface area contributed by atoms with E-state index >= 15 is 0 Å². The number of rotatable bonds is 3. The summed E-state index contributed by atoms with van der Waals surface area (Å²) in [5.41, 5.74) is 6.13. The van der Waals surface area contributed by atoms with E-state index in [1.807, 2.05) is 0 Å². The van der Waals surface area contributed by atoms with Crippen LogP contribution in [0, 0.1) is 0 Å². The van der Waals surface area contributed by atoms with Gasteiger partial charge in [0.25, 0.3) is 0 Å². The molecule has 2 aliphatic rings. The van der Waals surface area contributed by atoms with Gasteiger partial charge in [-0.1, -0.05) is 19.3 Å². The maximum Gasteiger partial charge on any atom is 0.191 e.